The van der Waals surface area contributed by atoms with Gasteiger partial charge in [0.15, 0.2) is 0 Å². The highest BCUT2D eigenvalue weighted by molar-refractivity contribution is 7.92. The Bertz CT molecular complexity index is 1180. The van der Waals surface area contributed by atoms with Crippen LogP contribution in [0.5, 0.6) is 11.5 Å². The molecule has 0 radical (unpaired) electrons. The summed E-state index contributed by atoms with van der Waals surface area (Å²) in [6, 6.07) is 21.7. The summed E-state index contributed by atoms with van der Waals surface area (Å²) in [5, 5.41) is 2.90. The molecule has 3 aromatic rings. The molecule has 0 fully saturated rings. The van der Waals surface area contributed by atoms with E-state index in [1.807, 2.05) is 63.2 Å². The number of hydrogen-bond acceptors (Lipinski definition) is 4. The van der Waals surface area contributed by atoms with Crippen molar-refractivity contribution < 1.29 is 17.9 Å². The summed E-state index contributed by atoms with van der Waals surface area (Å²) in [5.74, 6) is 0.869. The second-order valence-corrected chi connectivity index (χ2v) is 9.73. The van der Waals surface area contributed by atoms with E-state index < -0.39 is 10.0 Å². The van der Waals surface area contributed by atoms with Gasteiger partial charge in [-0.2, -0.15) is 0 Å². The van der Waals surface area contributed by atoms with Crippen LogP contribution in [0.3, 0.4) is 0 Å². The van der Waals surface area contributed by atoms with Gasteiger partial charge in [-0.25, -0.2) is 8.42 Å². The van der Waals surface area contributed by atoms with E-state index in [2.05, 4.69) is 11.4 Å². The molecule has 0 heterocycles. The fourth-order valence-electron chi connectivity index (χ4n) is 3.51. The Hall–Kier alpha value is -3.32. The monoisotopic (exact) mass is 452 g/mol. The molecule has 0 saturated carbocycles. The van der Waals surface area contributed by atoms with Gasteiger partial charge >= 0.3 is 0 Å². The molecule has 1 N–H and O–H groups in total. The molecule has 7 heteroatoms. The predicted molar refractivity (Wildman–Crippen MR) is 128 cm³/mol. The average Bonchev–Trinajstić information content (AvgIpc) is 2.72. The molecule has 0 saturated heterocycles. The third-order valence-electron chi connectivity index (χ3n) is 5.06. The van der Waals surface area contributed by atoms with Crippen molar-refractivity contribution in [2.24, 2.45) is 0 Å². The maximum Gasteiger partial charge on any atom is 0.241 e. The van der Waals surface area contributed by atoms with Crippen LogP contribution in [0, 0.1) is 13.8 Å². The molecule has 168 valence electrons. The number of rotatable bonds is 8. The van der Waals surface area contributed by atoms with E-state index in [0.717, 1.165) is 27.3 Å². The Morgan fingerprint density at radius 1 is 0.969 bits per heavy atom. The molecule has 3 rings (SSSR count). The maximum absolute atomic E-state index is 12.7. The molecular formula is C25H28N2O4S. The number of benzene rings is 3. The number of carbonyl (C=O) groups excluding carboxylic acids is 1. The zero-order valence-corrected chi connectivity index (χ0v) is 19.5. The number of hydrogen-bond donors (Lipinski definition) is 1. The maximum atomic E-state index is 12.7. The summed E-state index contributed by atoms with van der Waals surface area (Å²) in [7, 11) is -3.67. The first kappa shape index (κ1) is 23.3. The van der Waals surface area contributed by atoms with Gasteiger partial charge in [0, 0.05) is 0 Å². The molecule has 0 spiro atoms. The van der Waals surface area contributed by atoms with Gasteiger partial charge in [-0.3, -0.25) is 9.10 Å². The Morgan fingerprint density at radius 3 is 2.19 bits per heavy atom. The molecule has 0 aliphatic carbocycles. The van der Waals surface area contributed by atoms with Crippen LogP contribution in [0.25, 0.3) is 0 Å². The van der Waals surface area contributed by atoms with Crippen molar-refractivity contribution in [1.82, 2.24) is 5.32 Å². The van der Waals surface area contributed by atoms with Crippen molar-refractivity contribution in [2.45, 2.75) is 26.8 Å². The van der Waals surface area contributed by atoms with E-state index in [1.165, 1.54) is 0 Å². The highest BCUT2D eigenvalue weighted by Crippen LogP contribution is 2.25. The van der Waals surface area contributed by atoms with Gasteiger partial charge in [-0.1, -0.05) is 42.0 Å². The number of ether oxygens (including phenoxy) is 1. The second kappa shape index (κ2) is 9.87. The lowest BCUT2D eigenvalue weighted by Gasteiger charge is -2.24. The molecule has 0 unspecified atom stereocenters. The van der Waals surface area contributed by atoms with Crippen LogP contribution in [0.2, 0.25) is 0 Å². The van der Waals surface area contributed by atoms with Crippen molar-refractivity contribution in [3.05, 3.63) is 89.5 Å². The van der Waals surface area contributed by atoms with Crippen molar-refractivity contribution in [3.8, 4) is 11.5 Å². The van der Waals surface area contributed by atoms with Gasteiger partial charge in [-0.05, 0) is 68.3 Å². The van der Waals surface area contributed by atoms with Crippen LogP contribution in [0.4, 0.5) is 5.69 Å². The molecule has 32 heavy (non-hydrogen) atoms. The van der Waals surface area contributed by atoms with E-state index in [4.69, 9.17) is 4.74 Å². The van der Waals surface area contributed by atoms with E-state index in [-0.39, 0.29) is 18.5 Å². The standard InChI is InChI=1S/C25H28N2O4S/c1-18-10-15-24(19(2)16-18)20(3)26-25(28)17-27(32(4,29)30)21-11-13-23(14-12-21)31-22-8-6-5-7-9-22/h5-16,20H,17H2,1-4H3,(H,26,28)/t20-/m1/s1. The highest BCUT2D eigenvalue weighted by Gasteiger charge is 2.22. The van der Waals surface area contributed by atoms with Crippen LogP contribution in [0.1, 0.15) is 29.7 Å². The zero-order chi connectivity index (χ0) is 23.3. The summed E-state index contributed by atoms with van der Waals surface area (Å²) < 4.78 is 31.7. The average molecular weight is 453 g/mol. The topological polar surface area (TPSA) is 75.7 Å². The second-order valence-electron chi connectivity index (χ2n) is 7.83. The number of carbonyl (C=O) groups is 1. The van der Waals surface area contributed by atoms with Gasteiger partial charge in [0.25, 0.3) is 0 Å². The normalized spacial score (nSPS) is 12.1. The SMILES string of the molecule is Cc1ccc([C@@H](C)NC(=O)CN(c2ccc(Oc3ccccc3)cc2)S(C)(=O)=O)c(C)c1. The number of nitrogens with zero attached hydrogens (tertiary/aromatic N) is 1. The van der Waals surface area contributed by atoms with Crippen molar-refractivity contribution >= 4 is 21.6 Å². The Balaban J connectivity index is 1.72. The minimum atomic E-state index is -3.67. The fourth-order valence-corrected chi connectivity index (χ4v) is 4.37. The van der Waals surface area contributed by atoms with Gasteiger partial charge in [0.2, 0.25) is 15.9 Å². The van der Waals surface area contributed by atoms with Gasteiger partial charge in [-0.15, -0.1) is 0 Å². The zero-order valence-electron chi connectivity index (χ0n) is 18.7. The minimum Gasteiger partial charge on any atom is -0.457 e. The highest BCUT2D eigenvalue weighted by atomic mass is 32.2. The Labute approximate surface area is 189 Å². The van der Waals surface area contributed by atoms with E-state index in [9.17, 15) is 13.2 Å². The molecule has 6 nitrogen and oxygen atoms in total. The van der Waals surface area contributed by atoms with Gasteiger partial charge in [0.05, 0.1) is 18.0 Å². The third kappa shape index (κ3) is 6.11. The summed E-state index contributed by atoms with van der Waals surface area (Å²) in [4.78, 5) is 12.7. The molecule has 1 amide bonds. The van der Waals surface area contributed by atoms with Crippen molar-refractivity contribution in [2.75, 3.05) is 17.1 Å². The predicted octanol–water partition coefficient (Wildman–Crippen LogP) is 4.74. The number of sulfonamides is 1. The van der Waals surface area contributed by atoms with E-state index in [0.29, 0.717) is 17.2 Å². The lowest BCUT2D eigenvalue weighted by Crippen LogP contribution is -2.41. The Morgan fingerprint density at radius 2 is 1.59 bits per heavy atom. The molecule has 0 bridgehead atoms. The lowest BCUT2D eigenvalue weighted by molar-refractivity contribution is -0.120. The third-order valence-corrected chi connectivity index (χ3v) is 6.20. The number of amides is 1. The number of aryl methyl sites for hydroxylation is 2. The Kier molecular flexibility index (Phi) is 7.20. The van der Waals surface area contributed by atoms with Gasteiger partial charge in [0.1, 0.15) is 18.0 Å². The summed E-state index contributed by atoms with van der Waals surface area (Å²) >= 11 is 0. The van der Waals surface area contributed by atoms with Crippen LogP contribution in [-0.4, -0.2) is 27.1 Å². The number of anilines is 1. The van der Waals surface area contributed by atoms with Crippen LogP contribution in [0.15, 0.2) is 72.8 Å². The molecule has 0 aliphatic rings. The first-order valence-corrected chi connectivity index (χ1v) is 12.2. The fraction of sp³-hybridized carbons (Fsp3) is 0.240. The van der Waals surface area contributed by atoms with Crippen LogP contribution >= 0.6 is 0 Å². The summed E-state index contributed by atoms with van der Waals surface area (Å²) in [5.41, 5.74) is 3.61. The first-order chi connectivity index (χ1) is 15.1. The summed E-state index contributed by atoms with van der Waals surface area (Å²) in [6.45, 7) is 5.58. The first-order valence-electron chi connectivity index (χ1n) is 10.3. The van der Waals surface area contributed by atoms with E-state index in [1.54, 1.807) is 24.3 Å². The molecular weight excluding hydrogens is 424 g/mol. The molecule has 3 aromatic carbocycles. The van der Waals surface area contributed by atoms with Crippen molar-refractivity contribution in [1.29, 1.82) is 0 Å². The summed E-state index contributed by atoms with van der Waals surface area (Å²) in [6.07, 6.45) is 1.09. The number of nitrogens with one attached hydrogen (secondary N) is 1. The largest absolute Gasteiger partial charge is 0.457 e. The molecule has 0 aliphatic heterocycles. The quantitative estimate of drug-likeness (QED) is 0.536. The lowest BCUT2D eigenvalue weighted by atomic mass is 10.0. The van der Waals surface area contributed by atoms with Crippen molar-refractivity contribution in [3.63, 3.8) is 0 Å². The van der Waals surface area contributed by atoms with Gasteiger partial charge < -0.3 is 10.1 Å². The smallest absolute Gasteiger partial charge is 0.241 e. The van der Waals surface area contributed by atoms with Crippen LogP contribution < -0.4 is 14.4 Å². The minimum absolute atomic E-state index is 0.244. The number of para-hydroxylation sites is 1. The van der Waals surface area contributed by atoms with E-state index >= 15 is 0 Å². The molecule has 1 atom stereocenters. The van der Waals surface area contributed by atoms with Crippen LogP contribution in [-0.2, 0) is 14.8 Å². The molecule has 0 aromatic heterocycles.